The molecule has 8 heavy (non-hydrogen) atoms. The van der Waals surface area contributed by atoms with Crippen LogP contribution in [0.3, 0.4) is 0 Å². The average Bonchev–Trinajstić information content (AvgIpc) is 1.62. The average molecular weight is 105 g/mol. The molecule has 2 nitrogen and oxygen atoms in total. The van der Waals surface area contributed by atoms with Gasteiger partial charge in [-0.1, -0.05) is 0 Å². The molecule has 0 aromatic carbocycles. The van der Waals surface area contributed by atoms with E-state index in [2.05, 4.69) is 15.5 Å². The first kappa shape index (κ1) is 4.79. The Morgan fingerprint density at radius 2 is 2.38 bits per heavy atom. The first-order valence-electron chi connectivity index (χ1n) is 2.29. The third-order valence-corrected chi connectivity index (χ3v) is 0.642. The van der Waals surface area contributed by atoms with Crippen molar-refractivity contribution in [1.29, 1.82) is 0 Å². The van der Waals surface area contributed by atoms with Crippen LogP contribution in [-0.4, -0.2) is 18.3 Å². The molecule has 0 aliphatic carbocycles. The van der Waals surface area contributed by atoms with Gasteiger partial charge in [0.2, 0.25) is 0 Å². The molecule has 0 saturated heterocycles. The van der Waals surface area contributed by atoms with Crippen molar-refractivity contribution in [3.05, 3.63) is 18.4 Å². The van der Waals surface area contributed by atoms with Gasteiger partial charge >= 0.3 is 6.21 Å². The molecule has 1 aliphatic heterocycles. The Balaban J connectivity index is 2.98. The zero-order chi connectivity index (χ0) is 5.66. The van der Waals surface area contributed by atoms with Gasteiger partial charge in [0.15, 0.2) is 0 Å². The van der Waals surface area contributed by atoms with Crippen LogP contribution in [0.4, 0.5) is 0 Å². The van der Waals surface area contributed by atoms with Gasteiger partial charge in [0.05, 0.1) is 6.08 Å². The van der Waals surface area contributed by atoms with Crippen LogP contribution in [0.2, 0.25) is 0 Å². The zero-order valence-corrected chi connectivity index (χ0v) is 4.28. The highest BCUT2D eigenvalue weighted by atomic mass is 14.6. The number of hydrogen-bond acceptors (Lipinski definition) is 1. The maximum absolute atomic E-state index is 3.82. The van der Waals surface area contributed by atoms with Gasteiger partial charge < -0.3 is 0 Å². The molecule has 1 aliphatic rings. The van der Waals surface area contributed by atoms with E-state index < -0.39 is 0 Å². The van der Waals surface area contributed by atoms with Crippen molar-refractivity contribution in [3.8, 4) is 0 Å². The van der Waals surface area contributed by atoms with Gasteiger partial charge in [-0.15, -0.1) is 4.67 Å². The lowest BCUT2D eigenvalue weighted by Gasteiger charge is -1.61. The van der Waals surface area contributed by atoms with Crippen molar-refractivity contribution in [2.24, 2.45) is 4.99 Å². The topological polar surface area (TPSA) is 26.5 Å². The molecule has 0 amide bonds. The Morgan fingerprint density at radius 3 is 3.38 bits per heavy atom. The number of allylic oxidation sites excluding steroid dienone is 2. The predicted molar refractivity (Wildman–Crippen MR) is 35.4 cm³/mol. The monoisotopic (exact) mass is 105 g/mol. The van der Waals surface area contributed by atoms with Crippen molar-refractivity contribution in [3.63, 3.8) is 0 Å². The summed E-state index contributed by atoms with van der Waals surface area (Å²) in [5, 5.41) is 0. The largest absolute Gasteiger partial charge is 0.301 e. The minimum Gasteiger partial charge on any atom is -0.214 e. The Bertz CT molecular complexity index is 187. The first-order chi connectivity index (χ1) is 4.00. The molecular formula is C6H5N2+. The zero-order valence-electron chi connectivity index (χ0n) is 4.28. The van der Waals surface area contributed by atoms with Crippen LogP contribution in [-0.2, 0) is 0 Å². The summed E-state index contributed by atoms with van der Waals surface area (Å²) in [4.78, 5) is 3.72. The summed E-state index contributed by atoms with van der Waals surface area (Å²) in [5.74, 6) is 2.63. The molecule has 0 spiro atoms. The minimum atomic E-state index is 1.63. The third-order valence-electron chi connectivity index (χ3n) is 0.642. The van der Waals surface area contributed by atoms with E-state index in [4.69, 9.17) is 0 Å². The van der Waals surface area contributed by atoms with E-state index in [0.29, 0.717) is 0 Å². The molecule has 0 aromatic rings. The van der Waals surface area contributed by atoms with Crippen LogP contribution in [0.25, 0.3) is 0 Å². The van der Waals surface area contributed by atoms with E-state index >= 15 is 0 Å². The van der Waals surface area contributed by atoms with Crippen molar-refractivity contribution >= 4 is 18.3 Å². The van der Waals surface area contributed by atoms with E-state index in [1.807, 2.05) is 0 Å². The molecule has 1 heterocycles. The SMILES string of the molecule is C1=CC=[N+]=CC=CN=1. The number of rotatable bonds is 0. The van der Waals surface area contributed by atoms with Crippen LogP contribution in [0.5, 0.6) is 0 Å². The highest BCUT2D eigenvalue weighted by molar-refractivity contribution is 5.86. The lowest BCUT2D eigenvalue weighted by Crippen LogP contribution is -1.77. The molecule has 0 fully saturated rings. The van der Waals surface area contributed by atoms with E-state index in [1.54, 1.807) is 30.8 Å². The molecule has 0 unspecified atom stereocenters. The lowest BCUT2D eigenvalue weighted by molar-refractivity contribution is 1.61. The summed E-state index contributed by atoms with van der Waals surface area (Å²) in [7, 11) is 0. The molecule has 0 radical (unpaired) electrons. The van der Waals surface area contributed by atoms with Gasteiger partial charge in [0, 0.05) is 12.3 Å². The van der Waals surface area contributed by atoms with E-state index in [0.717, 1.165) is 0 Å². The number of aliphatic imine (C=N–C) groups is 1. The fourth-order valence-corrected chi connectivity index (χ4v) is 0.343. The van der Waals surface area contributed by atoms with Crippen LogP contribution >= 0.6 is 0 Å². The second-order valence-corrected chi connectivity index (χ2v) is 1.21. The predicted octanol–water partition coefficient (Wildman–Crippen LogP) is -0.0516. The summed E-state index contributed by atoms with van der Waals surface area (Å²) in [6.45, 7) is 0. The maximum Gasteiger partial charge on any atom is 0.301 e. The number of nitrogens with zero attached hydrogens (tertiary/aromatic N) is 2. The smallest absolute Gasteiger partial charge is 0.214 e. The van der Waals surface area contributed by atoms with E-state index in [1.165, 1.54) is 0 Å². The molecule has 0 bridgehead atoms. The summed E-state index contributed by atoms with van der Waals surface area (Å²) in [6.07, 6.45) is 8.33. The summed E-state index contributed by atoms with van der Waals surface area (Å²) in [6, 6.07) is 0. The molecule has 0 aromatic heterocycles. The minimum absolute atomic E-state index is 1.63. The van der Waals surface area contributed by atoms with Crippen LogP contribution in [0, 0.1) is 0 Å². The van der Waals surface area contributed by atoms with Crippen molar-refractivity contribution in [1.82, 2.24) is 4.67 Å². The fourth-order valence-electron chi connectivity index (χ4n) is 0.343. The van der Waals surface area contributed by atoms with Crippen LogP contribution in [0.1, 0.15) is 0 Å². The maximum atomic E-state index is 3.82. The molecule has 1 rings (SSSR count). The first-order valence-corrected chi connectivity index (χ1v) is 2.29. The van der Waals surface area contributed by atoms with Crippen LogP contribution in [0.15, 0.2) is 23.3 Å². The van der Waals surface area contributed by atoms with E-state index in [9.17, 15) is 0 Å². The fraction of sp³-hybridized carbons (Fsp3) is 0. The third kappa shape index (κ3) is 1.39. The second kappa shape index (κ2) is 2.75. The Labute approximate surface area is 47.3 Å². The molecule has 2 heteroatoms. The normalized spacial score (nSPS) is 14.0. The summed E-state index contributed by atoms with van der Waals surface area (Å²) in [5.41, 5.74) is 0. The van der Waals surface area contributed by atoms with Gasteiger partial charge in [0.1, 0.15) is 0 Å². The molecule has 0 N–H and O–H groups in total. The van der Waals surface area contributed by atoms with Gasteiger partial charge in [-0.2, -0.15) is 0 Å². The van der Waals surface area contributed by atoms with Gasteiger partial charge in [-0.3, -0.25) is 0 Å². The second-order valence-electron chi connectivity index (χ2n) is 1.21. The Hall–Kier alpha value is -1.36. The lowest BCUT2D eigenvalue weighted by atomic mass is 10.6. The van der Waals surface area contributed by atoms with E-state index in [-0.39, 0.29) is 0 Å². The molecule has 0 atom stereocenters. The molecule has 38 valence electrons. The Morgan fingerprint density at radius 1 is 1.38 bits per heavy atom. The Kier molecular flexibility index (Phi) is 1.65. The van der Waals surface area contributed by atoms with Gasteiger partial charge in [-0.05, 0) is 5.87 Å². The van der Waals surface area contributed by atoms with Gasteiger partial charge in [-0.25, -0.2) is 4.99 Å². The van der Waals surface area contributed by atoms with Crippen molar-refractivity contribution < 1.29 is 0 Å². The van der Waals surface area contributed by atoms with Crippen molar-refractivity contribution in [2.75, 3.05) is 0 Å². The van der Waals surface area contributed by atoms with Crippen LogP contribution < -0.4 is 4.67 Å². The summed E-state index contributed by atoms with van der Waals surface area (Å²) >= 11 is 0. The van der Waals surface area contributed by atoms with Crippen molar-refractivity contribution in [2.45, 2.75) is 0 Å². The number of hydrogen-bond donors (Lipinski definition) is 0. The highest BCUT2D eigenvalue weighted by Gasteiger charge is 1.73. The highest BCUT2D eigenvalue weighted by Crippen LogP contribution is 1.66. The quantitative estimate of drug-likeness (QED) is 0.386. The summed E-state index contributed by atoms with van der Waals surface area (Å²) < 4.78 is 3.82. The molecular weight excluding hydrogens is 100 g/mol. The van der Waals surface area contributed by atoms with Gasteiger partial charge in [0.25, 0.3) is 6.21 Å². The molecule has 0 saturated carbocycles. The standard InChI is InChI=1S/C6H5N2/c1-3-7-5-2-6-8-4-1/h1-5H/q+1.